The Morgan fingerprint density at radius 3 is 2.88 bits per heavy atom. The van der Waals surface area contributed by atoms with Gasteiger partial charge >= 0.3 is 0 Å². The molecule has 0 N–H and O–H groups in total. The van der Waals surface area contributed by atoms with E-state index in [1.54, 1.807) is 28.8 Å². The normalized spacial score (nSPS) is 19.6. The van der Waals surface area contributed by atoms with E-state index in [1.807, 2.05) is 22.9 Å². The van der Waals surface area contributed by atoms with Gasteiger partial charge in [-0.2, -0.15) is 4.31 Å². The molecule has 0 bridgehead atoms. The maximum Gasteiger partial charge on any atom is 0.245 e. The number of sulfonamides is 1. The topological polar surface area (TPSA) is 80.5 Å². The van der Waals surface area contributed by atoms with Gasteiger partial charge in [-0.25, -0.2) is 18.4 Å². The highest BCUT2D eigenvalue weighted by Crippen LogP contribution is 2.34. The van der Waals surface area contributed by atoms with Gasteiger partial charge in [0.2, 0.25) is 15.8 Å². The molecule has 0 amide bonds. The van der Waals surface area contributed by atoms with Crippen molar-refractivity contribution >= 4 is 15.8 Å². The number of pyridine rings is 1. The summed E-state index contributed by atoms with van der Waals surface area (Å²) < 4.78 is 29.4. The van der Waals surface area contributed by atoms with Crippen LogP contribution in [0.5, 0.6) is 0 Å². The van der Waals surface area contributed by atoms with E-state index in [4.69, 9.17) is 0 Å². The molecular weight excluding hydrogens is 326 g/mol. The van der Waals surface area contributed by atoms with Crippen LogP contribution in [0.3, 0.4) is 0 Å². The molecule has 8 heteroatoms. The summed E-state index contributed by atoms with van der Waals surface area (Å²) in [7, 11) is -3.60. The van der Waals surface area contributed by atoms with Crippen molar-refractivity contribution in [2.45, 2.75) is 30.2 Å². The first-order chi connectivity index (χ1) is 11.7. The maximum atomic E-state index is 13.0. The van der Waals surface area contributed by atoms with Crippen LogP contribution in [0.2, 0.25) is 0 Å². The fraction of sp³-hybridized carbons (Fsp3) is 0.312. The number of nitrogens with zero attached hydrogens (tertiary/aromatic N) is 5. The Kier molecular flexibility index (Phi) is 3.78. The highest BCUT2D eigenvalue weighted by Gasteiger charge is 2.35. The molecule has 1 aliphatic heterocycles. The highest BCUT2D eigenvalue weighted by atomic mass is 32.2. The zero-order valence-corrected chi connectivity index (χ0v) is 13.8. The van der Waals surface area contributed by atoms with Crippen LogP contribution in [0.4, 0.5) is 0 Å². The average Bonchev–Trinajstić information content (AvgIpc) is 3.10. The molecule has 0 spiro atoms. The predicted octanol–water partition coefficient (Wildman–Crippen LogP) is 2.04. The lowest BCUT2D eigenvalue weighted by Gasteiger charge is -2.34. The third kappa shape index (κ3) is 2.57. The van der Waals surface area contributed by atoms with Crippen molar-refractivity contribution in [1.29, 1.82) is 0 Å². The lowest BCUT2D eigenvalue weighted by atomic mass is 10.0. The lowest BCUT2D eigenvalue weighted by Crippen LogP contribution is -2.38. The van der Waals surface area contributed by atoms with Gasteiger partial charge in [-0.05, 0) is 31.0 Å². The highest BCUT2D eigenvalue weighted by molar-refractivity contribution is 7.89. The summed E-state index contributed by atoms with van der Waals surface area (Å²) in [5.74, 6) is 0.580. The van der Waals surface area contributed by atoms with E-state index in [9.17, 15) is 8.42 Å². The molecule has 4 heterocycles. The Hall–Kier alpha value is -2.32. The number of hydrogen-bond donors (Lipinski definition) is 0. The van der Waals surface area contributed by atoms with Gasteiger partial charge in [-0.1, -0.05) is 6.42 Å². The van der Waals surface area contributed by atoms with E-state index in [2.05, 4.69) is 15.0 Å². The van der Waals surface area contributed by atoms with Crippen LogP contribution in [-0.2, 0) is 10.0 Å². The standard InChI is InChI=1S/C16H17N5O2S/c22-24(23,13-4-3-7-17-12-13)21-9-2-1-5-15(21)14-6-10-20-11-8-18-16(20)19-14/h3-4,6-8,10-12,15H,1-2,5,9H2/t15-/m0/s1. The van der Waals surface area contributed by atoms with Gasteiger partial charge in [0.25, 0.3) is 0 Å². The maximum absolute atomic E-state index is 13.0. The van der Waals surface area contributed by atoms with E-state index < -0.39 is 10.0 Å². The van der Waals surface area contributed by atoms with Gasteiger partial charge in [0.05, 0.1) is 11.7 Å². The molecule has 7 nitrogen and oxygen atoms in total. The first-order valence-corrected chi connectivity index (χ1v) is 9.32. The molecule has 1 saturated heterocycles. The number of piperidine rings is 1. The summed E-state index contributed by atoms with van der Waals surface area (Å²) in [6.07, 6.45) is 10.9. The van der Waals surface area contributed by atoms with Gasteiger partial charge in [0, 0.05) is 37.5 Å². The number of fused-ring (bicyclic) bond motifs is 1. The minimum absolute atomic E-state index is 0.221. The summed E-state index contributed by atoms with van der Waals surface area (Å²) in [6, 6.07) is 4.82. The van der Waals surface area contributed by atoms with E-state index in [0.29, 0.717) is 12.3 Å². The fourth-order valence-corrected chi connectivity index (χ4v) is 4.76. The van der Waals surface area contributed by atoms with Gasteiger partial charge < -0.3 is 0 Å². The Labute approximate surface area is 140 Å². The Morgan fingerprint density at radius 2 is 2.04 bits per heavy atom. The smallest absolute Gasteiger partial charge is 0.245 e. The van der Waals surface area contributed by atoms with E-state index >= 15 is 0 Å². The molecule has 0 aliphatic carbocycles. The van der Waals surface area contributed by atoms with Gasteiger partial charge in [0.1, 0.15) is 4.90 Å². The molecule has 1 fully saturated rings. The third-order valence-corrected chi connectivity index (χ3v) is 6.21. The van der Waals surface area contributed by atoms with Gasteiger partial charge in [-0.3, -0.25) is 9.38 Å². The van der Waals surface area contributed by atoms with Crippen LogP contribution in [0.1, 0.15) is 31.0 Å². The monoisotopic (exact) mass is 343 g/mol. The van der Waals surface area contributed by atoms with Crippen molar-refractivity contribution < 1.29 is 8.42 Å². The molecular formula is C16H17N5O2S. The van der Waals surface area contributed by atoms with Crippen molar-refractivity contribution in [1.82, 2.24) is 23.7 Å². The second-order valence-electron chi connectivity index (χ2n) is 5.80. The van der Waals surface area contributed by atoms with Crippen LogP contribution in [0, 0.1) is 0 Å². The first kappa shape index (κ1) is 15.2. The van der Waals surface area contributed by atoms with Crippen LogP contribution in [0.15, 0.2) is 54.1 Å². The number of hydrogen-bond acceptors (Lipinski definition) is 5. The van der Waals surface area contributed by atoms with Gasteiger partial charge in [-0.15, -0.1) is 0 Å². The van der Waals surface area contributed by atoms with Crippen molar-refractivity contribution in [2.24, 2.45) is 0 Å². The number of rotatable bonds is 3. The van der Waals surface area contributed by atoms with Crippen molar-refractivity contribution in [3.8, 4) is 0 Å². The van der Waals surface area contributed by atoms with Crippen LogP contribution >= 0.6 is 0 Å². The molecule has 0 radical (unpaired) electrons. The summed E-state index contributed by atoms with van der Waals surface area (Å²) in [5.41, 5.74) is 0.737. The van der Waals surface area contributed by atoms with E-state index in [-0.39, 0.29) is 10.9 Å². The minimum atomic E-state index is -3.60. The predicted molar refractivity (Wildman–Crippen MR) is 87.7 cm³/mol. The van der Waals surface area contributed by atoms with Crippen molar-refractivity contribution in [3.05, 3.63) is 54.9 Å². The zero-order valence-electron chi connectivity index (χ0n) is 13.0. The van der Waals surface area contributed by atoms with E-state index in [0.717, 1.165) is 25.0 Å². The zero-order chi connectivity index (χ0) is 16.6. The lowest BCUT2D eigenvalue weighted by molar-refractivity contribution is 0.251. The van der Waals surface area contributed by atoms with Crippen molar-refractivity contribution in [2.75, 3.05) is 6.54 Å². The van der Waals surface area contributed by atoms with Crippen LogP contribution < -0.4 is 0 Å². The molecule has 124 valence electrons. The SMILES string of the molecule is O=S(=O)(c1cccnc1)N1CCCC[C@H]1c1ccn2ccnc2n1. The molecule has 0 unspecified atom stereocenters. The third-order valence-electron chi connectivity index (χ3n) is 4.32. The summed E-state index contributed by atoms with van der Waals surface area (Å²) >= 11 is 0. The molecule has 3 aromatic rings. The van der Waals surface area contributed by atoms with Crippen LogP contribution in [-0.4, -0.2) is 38.6 Å². The molecule has 1 atom stereocenters. The minimum Gasteiger partial charge on any atom is -0.291 e. The molecule has 4 rings (SSSR count). The van der Waals surface area contributed by atoms with Gasteiger partial charge in [0.15, 0.2) is 0 Å². The Bertz CT molecular complexity index is 955. The van der Waals surface area contributed by atoms with Crippen molar-refractivity contribution in [3.63, 3.8) is 0 Å². The Morgan fingerprint density at radius 1 is 1.12 bits per heavy atom. The number of aromatic nitrogens is 4. The molecule has 3 aromatic heterocycles. The number of imidazole rings is 1. The average molecular weight is 343 g/mol. The second-order valence-corrected chi connectivity index (χ2v) is 7.69. The second kappa shape index (κ2) is 5.95. The molecule has 1 aliphatic rings. The molecule has 24 heavy (non-hydrogen) atoms. The first-order valence-electron chi connectivity index (χ1n) is 7.88. The van der Waals surface area contributed by atoms with E-state index in [1.165, 1.54) is 6.20 Å². The Balaban J connectivity index is 1.75. The summed E-state index contributed by atoms with van der Waals surface area (Å²) in [6.45, 7) is 0.489. The largest absolute Gasteiger partial charge is 0.291 e. The quantitative estimate of drug-likeness (QED) is 0.727. The molecule has 0 aromatic carbocycles. The molecule has 0 saturated carbocycles. The fourth-order valence-electron chi connectivity index (χ4n) is 3.13. The van der Waals surface area contributed by atoms with Crippen LogP contribution in [0.25, 0.3) is 5.78 Å². The summed E-state index contributed by atoms with van der Waals surface area (Å²) in [5, 5.41) is 0. The summed E-state index contributed by atoms with van der Waals surface area (Å²) in [4.78, 5) is 12.9.